The van der Waals surface area contributed by atoms with Crippen molar-refractivity contribution in [3.63, 3.8) is 0 Å². The Morgan fingerprint density at radius 1 is 1.06 bits per heavy atom. The number of aliphatic imine (C=N–C) groups is 1. The Morgan fingerprint density at radius 2 is 1.72 bits per heavy atom. The number of rotatable bonds is 7. The molecule has 0 aromatic heterocycles. The molecule has 0 unspecified atom stereocenters. The number of nitrogens with zero attached hydrogens (tertiary/aromatic N) is 1. The summed E-state index contributed by atoms with van der Waals surface area (Å²) in [4.78, 5) is 17.8. The van der Waals surface area contributed by atoms with Gasteiger partial charge < -0.3 is 14.6 Å². The Morgan fingerprint density at radius 3 is 2.36 bits per heavy atom. The smallest absolute Gasteiger partial charge is 0.344 e. The van der Waals surface area contributed by atoms with Gasteiger partial charge in [0.15, 0.2) is 0 Å². The summed E-state index contributed by atoms with van der Waals surface area (Å²) in [6.45, 7) is 4.48. The van der Waals surface area contributed by atoms with Gasteiger partial charge in [-0.15, -0.1) is 0 Å². The van der Waals surface area contributed by atoms with E-state index in [9.17, 15) is 9.90 Å². The number of hydrogen-bond acceptors (Lipinski definition) is 6. The molecule has 1 N–H and O–H groups in total. The number of benzene rings is 3. The molecule has 0 fully saturated rings. The minimum atomic E-state index is -0.593. The van der Waals surface area contributed by atoms with E-state index in [1.54, 1.807) is 6.92 Å². The average Bonchev–Trinajstić information content (AvgIpc) is 3.14. The maximum absolute atomic E-state index is 12.6. The molecule has 3 aromatic rings. The molecule has 0 aliphatic carbocycles. The fourth-order valence-corrected chi connectivity index (χ4v) is 6.57. The van der Waals surface area contributed by atoms with Gasteiger partial charge >= 0.3 is 5.97 Å². The SMILES string of the molecule is CCOC(=O)C1=C(O)/C(=C/c2cc(I)c(OCc3ccc(C)cc3)c(I)c2)SC1=Nc1ccccc1. The second kappa shape index (κ2) is 12.3. The minimum Gasteiger partial charge on any atom is -0.506 e. The molecule has 0 bridgehead atoms. The highest BCUT2D eigenvalue weighted by molar-refractivity contribution is 14.1. The molecule has 5 nitrogen and oxygen atoms in total. The highest BCUT2D eigenvalue weighted by Gasteiger charge is 2.33. The topological polar surface area (TPSA) is 68.1 Å². The molecule has 0 amide bonds. The molecular formula is C28H23I2NO4S. The molecule has 0 atom stereocenters. The van der Waals surface area contributed by atoms with Crippen LogP contribution in [0.15, 0.2) is 88.0 Å². The molecule has 1 aliphatic heterocycles. The van der Waals surface area contributed by atoms with E-state index in [0.29, 0.717) is 22.2 Å². The molecular weight excluding hydrogens is 700 g/mol. The van der Waals surface area contributed by atoms with Crippen LogP contribution in [0.25, 0.3) is 6.08 Å². The van der Waals surface area contributed by atoms with E-state index >= 15 is 0 Å². The predicted octanol–water partition coefficient (Wildman–Crippen LogP) is 7.98. The van der Waals surface area contributed by atoms with Crippen LogP contribution in [-0.4, -0.2) is 22.7 Å². The number of hydrogen-bond donors (Lipinski definition) is 1. The van der Waals surface area contributed by atoms with Crippen molar-refractivity contribution in [3.05, 3.63) is 107 Å². The van der Waals surface area contributed by atoms with Crippen LogP contribution in [-0.2, 0) is 16.1 Å². The van der Waals surface area contributed by atoms with Crippen molar-refractivity contribution in [1.82, 2.24) is 0 Å². The zero-order valence-corrected chi connectivity index (χ0v) is 24.8. The number of para-hydroxylation sites is 1. The van der Waals surface area contributed by atoms with Crippen LogP contribution in [0, 0.1) is 14.1 Å². The first-order valence-electron chi connectivity index (χ1n) is 11.2. The second-order valence-corrected chi connectivity index (χ2v) is 11.3. The van der Waals surface area contributed by atoms with Crippen LogP contribution in [0.1, 0.15) is 23.6 Å². The molecule has 0 saturated heterocycles. The van der Waals surface area contributed by atoms with Crippen molar-refractivity contribution < 1.29 is 19.4 Å². The van der Waals surface area contributed by atoms with Crippen LogP contribution >= 0.6 is 56.9 Å². The van der Waals surface area contributed by atoms with Gasteiger partial charge in [0.25, 0.3) is 0 Å². The highest BCUT2D eigenvalue weighted by atomic mass is 127. The highest BCUT2D eigenvalue weighted by Crippen LogP contribution is 2.41. The van der Waals surface area contributed by atoms with E-state index in [4.69, 9.17) is 9.47 Å². The number of esters is 1. The Bertz CT molecular complexity index is 1340. The van der Waals surface area contributed by atoms with Crippen molar-refractivity contribution >= 4 is 79.7 Å². The van der Waals surface area contributed by atoms with Gasteiger partial charge in [-0.25, -0.2) is 9.79 Å². The van der Waals surface area contributed by atoms with Crippen molar-refractivity contribution in [2.24, 2.45) is 4.99 Å². The maximum Gasteiger partial charge on any atom is 0.344 e. The van der Waals surface area contributed by atoms with Crippen molar-refractivity contribution in [1.29, 1.82) is 0 Å². The van der Waals surface area contributed by atoms with E-state index in [2.05, 4.69) is 81.4 Å². The second-order valence-electron chi connectivity index (χ2n) is 7.90. The van der Waals surface area contributed by atoms with E-state index < -0.39 is 5.97 Å². The summed E-state index contributed by atoms with van der Waals surface area (Å²) in [5.74, 6) is 0.0961. The first-order valence-corrected chi connectivity index (χ1v) is 14.1. The Labute approximate surface area is 242 Å². The average molecular weight is 723 g/mol. The van der Waals surface area contributed by atoms with Crippen LogP contribution in [0.3, 0.4) is 0 Å². The lowest BCUT2D eigenvalue weighted by Crippen LogP contribution is -2.12. The summed E-state index contributed by atoms with van der Waals surface area (Å²) in [5, 5.41) is 11.4. The molecule has 3 aromatic carbocycles. The van der Waals surface area contributed by atoms with Gasteiger partial charge in [0.1, 0.15) is 28.7 Å². The quantitative estimate of drug-likeness (QED) is 0.198. The maximum atomic E-state index is 12.6. The lowest BCUT2D eigenvalue weighted by Gasteiger charge is -2.12. The lowest BCUT2D eigenvalue weighted by atomic mass is 10.1. The van der Waals surface area contributed by atoms with Crippen molar-refractivity contribution in [2.45, 2.75) is 20.5 Å². The normalized spacial score (nSPS) is 15.6. The summed E-state index contributed by atoms with van der Waals surface area (Å²) in [6.07, 6.45) is 1.85. The molecule has 8 heteroatoms. The molecule has 1 aliphatic rings. The Kier molecular flexibility index (Phi) is 9.13. The number of thioether (sulfide) groups is 1. The van der Waals surface area contributed by atoms with Gasteiger partial charge in [0.2, 0.25) is 0 Å². The molecule has 0 spiro atoms. The van der Waals surface area contributed by atoms with E-state index in [1.807, 2.05) is 48.5 Å². The van der Waals surface area contributed by atoms with E-state index in [-0.39, 0.29) is 17.9 Å². The monoisotopic (exact) mass is 723 g/mol. The summed E-state index contributed by atoms with van der Waals surface area (Å²) in [5.41, 5.74) is 3.97. The van der Waals surface area contributed by atoms with Gasteiger partial charge in [0.05, 0.1) is 24.3 Å². The summed E-state index contributed by atoms with van der Waals surface area (Å²) >= 11 is 5.76. The van der Waals surface area contributed by atoms with E-state index in [0.717, 1.165) is 24.0 Å². The minimum absolute atomic E-state index is 0.0828. The summed E-state index contributed by atoms with van der Waals surface area (Å²) in [6, 6.07) is 21.6. The predicted molar refractivity (Wildman–Crippen MR) is 163 cm³/mol. The molecule has 36 heavy (non-hydrogen) atoms. The Hall–Kier alpha value is -2.31. The zero-order valence-electron chi connectivity index (χ0n) is 19.6. The largest absolute Gasteiger partial charge is 0.506 e. The third-order valence-corrected chi connectivity index (χ3v) is 7.80. The summed E-state index contributed by atoms with van der Waals surface area (Å²) in [7, 11) is 0. The van der Waals surface area contributed by atoms with Gasteiger partial charge in [-0.1, -0.05) is 59.8 Å². The van der Waals surface area contributed by atoms with E-state index in [1.165, 1.54) is 17.3 Å². The van der Waals surface area contributed by atoms with Crippen molar-refractivity contribution in [3.8, 4) is 5.75 Å². The van der Waals surface area contributed by atoms with Crippen molar-refractivity contribution in [2.75, 3.05) is 6.61 Å². The van der Waals surface area contributed by atoms with Crippen LogP contribution in [0.5, 0.6) is 5.75 Å². The zero-order chi connectivity index (χ0) is 25.7. The fraction of sp³-hybridized carbons (Fsp3) is 0.143. The lowest BCUT2D eigenvalue weighted by molar-refractivity contribution is -0.138. The van der Waals surface area contributed by atoms with Gasteiger partial charge in [-0.2, -0.15) is 0 Å². The molecule has 0 saturated carbocycles. The molecule has 1 heterocycles. The first kappa shape index (κ1) is 26.7. The number of halogens is 2. The first-order chi connectivity index (χ1) is 17.4. The summed E-state index contributed by atoms with van der Waals surface area (Å²) < 4.78 is 13.2. The number of aryl methyl sites for hydroxylation is 1. The number of ether oxygens (including phenoxy) is 2. The molecule has 0 radical (unpaired) electrons. The van der Waals surface area contributed by atoms with Crippen LogP contribution < -0.4 is 4.74 Å². The van der Waals surface area contributed by atoms with Gasteiger partial charge in [-0.05, 0) is 100 Å². The molecule has 184 valence electrons. The fourth-order valence-electron chi connectivity index (χ4n) is 3.40. The number of carbonyl (C=O) groups is 1. The van der Waals surface area contributed by atoms with Gasteiger partial charge in [0, 0.05) is 0 Å². The standard InChI is InChI=1S/C28H23I2NO4S/c1-3-34-28(33)24-25(32)23(36-27(24)31-20-7-5-4-6-8-20)15-19-13-21(29)26(22(30)14-19)35-16-18-11-9-17(2)10-12-18/h4-15,32H,3,16H2,1-2H3/b23-15-,31-27?. The van der Waals surface area contributed by atoms with Crippen LogP contribution in [0.4, 0.5) is 5.69 Å². The van der Waals surface area contributed by atoms with Gasteiger partial charge in [-0.3, -0.25) is 0 Å². The third kappa shape index (κ3) is 6.51. The van der Waals surface area contributed by atoms with Crippen LogP contribution in [0.2, 0.25) is 0 Å². The molecule has 4 rings (SSSR count). The third-order valence-electron chi connectivity index (χ3n) is 5.18. The number of aliphatic hydroxyl groups is 1. The number of carbonyl (C=O) groups excluding carboxylic acids is 1. The Balaban J connectivity index is 1.62. The number of aliphatic hydroxyl groups excluding tert-OH is 1.